The van der Waals surface area contributed by atoms with Gasteiger partial charge in [-0.25, -0.2) is 9.97 Å². The molecule has 1 fully saturated rings. The Kier molecular flexibility index (Phi) is 6.71. The fourth-order valence-corrected chi connectivity index (χ4v) is 3.92. The van der Waals surface area contributed by atoms with Crippen molar-refractivity contribution >= 4 is 16.7 Å². The molecule has 1 aromatic carbocycles. The maximum Gasteiger partial charge on any atom is 0.138 e. The Bertz CT molecular complexity index is 973. The third kappa shape index (κ3) is 4.86. The van der Waals surface area contributed by atoms with Crippen LogP contribution in [0.25, 0.3) is 27.3 Å². The Hall–Kier alpha value is -2.77. The molecule has 2 aromatic heterocycles. The minimum Gasteiger partial charge on any atom is -0.662 e. The molecule has 0 amide bonds. The second-order valence-corrected chi connectivity index (χ2v) is 7.61. The molecule has 1 aliphatic carbocycles. The van der Waals surface area contributed by atoms with Crippen LogP contribution in [0.15, 0.2) is 43.0 Å². The van der Waals surface area contributed by atoms with Crippen molar-refractivity contribution in [2.75, 3.05) is 32.7 Å². The van der Waals surface area contributed by atoms with Gasteiger partial charge in [-0.15, -0.1) is 6.04 Å². The number of nitrogens with one attached hydrogen (secondary N) is 1. The third-order valence-electron chi connectivity index (χ3n) is 5.64. The number of aromatic nitrogens is 3. The predicted octanol–water partition coefficient (Wildman–Crippen LogP) is 4.44. The summed E-state index contributed by atoms with van der Waals surface area (Å²) in [6.07, 6.45) is 9.67. The molecule has 0 aliphatic heterocycles. The summed E-state index contributed by atoms with van der Waals surface area (Å²) >= 11 is 0. The second-order valence-electron chi connectivity index (χ2n) is 7.61. The zero-order chi connectivity index (χ0) is 20.8. The molecule has 1 N–H and O–H groups in total. The summed E-state index contributed by atoms with van der Waals surface area (Å²) in [5, 5.41) is 9.10. The molecule has 0 radical (unpaired) electrons. The molecule has 1 saturated carbocycles. The van der Waals surface area contributed by atoms with E-state index in [9.17, 15) is 0 Å². The quantitative estimate of drug-likeness (QED) is 0.557. The van der Waals surface area contributed by atoms with E-state index < -0.39 is 0 Å². The highest BCUT2D eigenvalue weighted by atomic mass is 16.5. The summed E-state index contributed by atoms with van der Waals surface area (Å²) in [5.74, 6) is 1.62. The Morgan fingerprint density at radius 1 is 1.03 bits per heavy atom. The van der Waals surface area contributed by atoms with E-state index in [2.05, 4.69) is 37.7 Å². The van der Waals surface area contributed by atoms with Gasteiger partial charge in [0.2, 0.25) is 0 Å². The molecular formula is C23H28N5O2-. The summed E-state index contributed by atoms with van der Waals surface area (Å²) in [7, 11) is 3.58. The van der Waals surface area contributed by atoms with Crippen LogP contribution in [0.3, 0.4) is 0 Å². The van der Waals surface area contributed by atoms with Crippen LogP contribution < -0.4 is 10.1 Å². The molecule has 0 atom stereocenters. The summed E-state index contributed by atoms with van der Waals surface area (Å²) in [4.78, 5) is 13.3. The fourth-order valence-electron chi connectivity index (χ4n) is 3.92. The number of benzene rings is 1. The van der Waals surface area contributed by atoms with E-state index >= 15 is 0 Å². The molecule has 7 heteroatoms. The van der Waals surface area contributed by atoms with Gasteiger partial charge in [0.1, 0.15) is 24.5 Å². The topological polar surface area (TPSA) is 83.3 Å². The van der Waals surface area contributed by atoms with Gasteiger partial charge < -0.3 is 20.1 Å². The minimum atomic E-state index is 0.420. The van der Waals surface area contributed by atoms with E-state index in [0.29, 0.717) is 25.3 Å². The van der Waals surface area contributed by atoms with Crippen LogP contribution in [-0.4, -0.2) is 54.4 Å². The largest absolute Gasteiger partial charge is 0.662 e. The number of pyridine rings is 1. The minimum absolute atomic E-state index is 0.420. The maximum absolute atomic E-state index is 5.71. The van der Waals surface area contributed by atoms with Crippen molar-refractivity contribution in [1.82, 2.24) is 15.0 Å². The highest BCUT2D eigenvalue weighted by molar-refractivity contribution is 5.92. The van der Waals surface area contributed by atoms with Gasteiger partial charge in [0, 0.05) is 30.3 Å². The lowest BCUT2D eigenvalue weighted by Crippen LogP contribution is -2.28. The van der Waals surface area contributed by atoms with Gasteiger partial charge in [0.25, 0.3) is 0 Å². The van der Waals surface area contributed by atoms with Crippen molar-refractivity contribution in [1.29, 1.82) is 0 Å². The van der Waals surface area contributed by atoms with E-state index in [-0.39, 0.29) is 0 Å². The van der Waals surface area contributed by atoms with Crippen LogP contribution in [0.5, 0.6) is 5.75 Å². The van der Waals surface area contributed by atoms with Crippen LogP contribution in [0.2, 0.25) is 0 Å². The standard InChI is InChI=1S/C23H28N5O2/c1-24-18-4-6-19(7-5-18)28-23-21-12-16(3-8-22(21)26-15-27-23)17-11-20(14-25-13-17)30-10-9-29-2/h3,8,11-15,18-19H,4-7,9-10H2,1-2H3,(H,26,27,28)/q-1. The number of anilines is 1. The number of hydrogen-bond donors (Lipinski definition) is 1. The first-order valence-electron chi connectivity index (χ1n) is 10.4. The molecular weight excluding hydrogens is 378 g/mol. The molecule has 3 aromatic rings. The maximum atomic E-state index is 5.71. The molecule has 0 saturated heterocycles. The van der Waals surface area contributed by atoms with Crippen LogP contribution in [-0.2, 0) is 4.74 Å². The number of ether oxygens (including phenoxy) is 2. The van der Waals surface area contributed by atoms with Crippen molar-refractivity contribution in [3.8, 4) is 16.9 Å². The molecule has 0 bridgehead atoms. The molecule has 4 rings (SSSR count). The van der Waals surface area contributed by atoms with Crippen molar-refractivity contribution in [3.05, 3.63) is 48.3 Å². The average Bonchev–Trinajstić information content (AvgIpc) is 2.80. The van der Waals surface area contributed by atoms with Gasteiger partial charge in [-0.1, -0.05) is 18.9 Å². The number of hydrogen-bond acceptors (Lipinski definition) is 6. The van der Waals surface area contributed by atoms with E-state index in [1.165, 1.54) is 0 Å². The highest BCUT2D eigenvalue weighted by Gasteiger charge is 2.17. The Balaban J connectivity index is 1.56. The van der Waals surface area contributed by atoms with Gasteiger partial charge in [-0.05, 0) is 36.6 Å². The lowest BCUT2D eigenvalue weighted by atomic mass is 9.91. The van der Waals surface area contributed by atoms with E-state index in [1.807, 2.05) is 25.4 Å². The summed E-state index contributed by atoms with van der Waals surface area (Å²) in [6.45, 7) is 1.04. The first-order valence-corrected chi connectivity index (χ1v) is 10.4. The molecule has 7 nitrogen and oxygen atoms in total. The third-order valence-corrected chi connectivity index (χ3v) is 5.64. The average molecular weight is 407 g/mol. The SMILES string of the molecule is C[N-]C1CCC(Nc2ncnc3ccc(-c4cncc(OCCOC)c4)cc23)CC1. The molecule has 0 unspecified atom stereocenters. The fraction of sp³-hybridized carbons (Fsp3) is 0.435. The summed E-state index contributed by atoms with van der Waals surface area (Å²) in [5.41, 5.74) is 2.97. The van der Waals surface area contributed by atoms with Crippen molar-refractivity contribution in [2.45, 2.75) is 37.8 Å². The Morgan fingerprint density at radius 3 is 2.70 bits per heavy atom. The lowest BCUT2D eigenvalue weighted by molar-refractivity contribution is 0.146. The second kappa shape index (κ2) is 9.82. The van der Waals surface area contributed by atoms with E-state index in [4.69, 9.17) is 9.47 Å². The van der Waals surface area contributed by atoms with Crippen molar-refractivity contribution in [2.24, 2.45) is 0 Å². The van der Waals surface area contributed by atoms with Crippen LogP contribution in [0.1, 0.15) is 25.7 Å². The Labute approximate surface area is 177 Å². The number of methoxy groups -OCH3 is 1. The summed E-state index contributed by atoms with van der Waals surface area (Å²) in [6, 6.07) is 9.13. The van der Waals surface area contributed by atoms with Crippen molar-refractivity contribution in [3.63, 3.8) is 0 Å². The van der Waals surface area contributed by atoms with E-state index in [0.717, 1.165) is 59.3 Å². The van der Waals surface area contributed by atoms with Crippen LogP contribution in [0.4, 0.5) is 5.82 Å². The van der Waals surface area contributed by atoms with Gasteiger partial charge in [-0.2, -0.15) is 7.05 Å². The number of rotatable bonds is 8. The van der Waals surface area contributed by atoms with Crippen LogP contribution >= 0.6 is 0 Å². The molecule has 1 aliphatic rings. The zero-order valence-corrected chi connectivity index (χ0v) is 17.5. The monoisotopic (exact) mass is 406 g/mol. The van der Waals surface area contributed by atoms with Gasteiger partial charge >= 0.3 is 0 Å². The van der Waals surface area contributed by atoms with Gasteiger partial charge in [0.05, 0.1) is 18.3 Å². The number of fused-ring (bicyclic) bond motifs is 1. The highest BCUT2D eigenvalue weighted by Crippen LogP contribution is 2.30. The van der Waals surface area contributed by atoms with Gasteiger partial charge in [-0.3, -0.25) is 4.98 Å². The first kappa shape index (κ1) is 20.5. The summed E-state index contributed by atoms with van der Waals surface area (Å²) < 4.78 is 10.7. The predicted molar refractivity (Wildman–Crippen MR) is 119 cm³/mol. The molecule has 0 spiro atoms. The van der Waals surface area contributed by atoms with E-state index in [1.54, 1.807) is 19.6 Å². The van der Waals surface area contributed by atoms with Crippen molar-refractivity contribution < 1.29 is 9.47 Å². The Morgan fingerprint density at radius 2 is 1.90 bits per heavy atom. The smallest absolute Gasteiger partial charge is 0.138 e. The molecule has 158 valence electrons. The molecule has 30 heavy (non-hydrogen) atoms. The van der Waals surface area contributed by atoms with Gasteiger partial charge in [0.15, 0.2) is 0 Å². The zero-order valence-electron chi connectivity index (χ0n) is 17.5. The number of nitrogens with zero attached hydrogens (tertiary/aromatic N) is 4. The lowest BCUT2D eigenvalue weighted by Gasteiger charge is -2.36. The molecule has 2 heterocycles. The van der Waals surface area contributed by atoms with Crippen LogP contribution in [0, 0.1) is 0 Å². The first-order chi connectivity index (χ1) is 14.8. The normalized spacial score (nSPS) is 19.0.